The van der Waals surface area contributed by atoms with E-state index in [1.807, 2.05) is 25.3 Å². The summed E-state index contributed by atoms with van der Waals surface area (Å²) in [7, 11) is 0. The summed E-state index contributed by atoms with van der Waals surface area (Å²) in [5.41, 5.74) is 2.25. The maximum absolute atomic E-state index is 10.2. The number of rotatable bonds is 9. The maximum atomic E-state index is 10.2. The van der Waals surface area contributed by atoms with Crippen LogP contribution in [0.4, 0.5) is 0 Å². The van der Waals surface area contributed by atoms with Crippen molar-refractivity contribution in [3.8, 4) is 0 Å². The Morgan fingerprint density at radius 1 is 1.14 bits per heavy atom. The van der Waals surface area contributed by atoms with E-state index in [-0.39, 0.29) is 17.9 Å². The lowest BCUT2D eigenvalue weighted by Gasteiger charge is -2.23. The van der Waals surface area contributed by atoms with Gasteiger partial charge in [-0.2, -0.15) is 11.8 Å². The lowest BCUT2D eigenvalue weighted by molar-refractivity contribution is 0.167. The van der Waals surface area contributed by atoms with E-state index in [0.717, 1.165) is 12.0 Å². The van der Waals surface area contributed by atoms with Gasteiger partial charge in [-0.1, -0.05) is 38.1 Å². The lowest BCUT2D eigenvalue weighted by Crippen LogP contribution is -2.39. The summed E-state index contributed by atoms with van der Waals surface area (Å²) >= 11 is 1.64. The van der Waals surface area contributed by atoms with Crippen molar-refractivity contribution in [2.24, 2.45) is 5.92 Å². The highest BCUT2D eigenvalue weighted by atomic mass is 32.2. The molecule has 3 unspecified atom stereocenters. The molecule has 0 fully saturated rings. The predicted octanol–water partition coefficient (Wildman–Crippen LogP) is 2.62. The zero-order valence-corrected chi connectivity index (χ0v) is 14.4. The Balaban J connectivity index is 2.50. The van der Waals surface area contributed by atoms with E-state index in [0.29, 0.717) is 12.5 Å². The Morgan fingerprint density at radius 2 is 1.76 bits per heavy atom. The van der Waals surface area contributed by atoms with E-state index in [1.54, 1.807) is 11.8 Å². The summed E-state index contributed by atoms with van der Waals surface area (Å²) < 4.78 is 0. The summed E-state index contributed by atoms with van der Waals surface area (Å²) in [5, 5.41) is 23.0. The second-order valence-electron chi connectivity index (χ2n) is 6.01. The highest BCUT2D eigenvalue weighted by molar-refractivity contribution is 7.99. The first-order valence-electron chi connectivity index (χ1n) is 7.61. The van der Waals surface area contributed by atoms with Gasteiger partial charge in [-0.25, -0.2) is 0 Å². The van der Waals surface area contributed by atoms with Crippen LogP contribution in [-0.2, 0) is 6.42 Å². The van der Waals surface area contributed by atoms with Gasteiger partial charge >= 0.3 is 0 Å². The Kier molecular flexibility index (Phi) is 8.34. The zero-order chi connectivity index (χ0) is 15.8. The van der Waals surface area contributed by atoms with Crippen LogP contribution in [0.15, 0.2) is 24.3 Å². The van der Waals surface area contributed by atoms with Gasteiger partial charge in [-0.15, -0.1) is 0 Å². The molecule has 3 nitrogen and oxygen atoms in total. The third-order valence-corrected chi connectivity index (χ3v) is 4.84. The standard InChI is InChI=1S/C17H29NO2S/c1-12(2)9-14-5-7-15(8-6-14)16(20)10-18-13(3)17(11-19)21-4/h5-8,12-13,16-20H,9-11H2,1-4H3. The number of hydrogen-bond donors (Lipinski definition) is 3. The minimum absolute atomic E-state index is 0.148. The maximum Gasteiger partial charge on any atom is 0.0914 e. The minimum Gasteiger partial charge on any atom is -0.395 e. The fourth-order valence-electron chi connectivity index (χ4n) is 2.33. The first kappa shape index (κ1) is 18.5. The SMILES string of the molecule is CSC(CO)C(C)NCC(O)c1ccc(CC(C)C)cc1. The van der Waals surface area contributed by atoms with Crippen LogP contribution in [0.1, 0.15) is 38.0 Å². The Hall–Kier alpha value is -0.550. The van der Waals surface area contributed by atoms with E-state index in [2.05, 4.69) is 31.3 Å². The van der Waals surface area contributed by atoms with Gasteiger partial charge < -0.3 is 15.5 Å². The van der Waals surface area contributed by atoms with Crippen molar-refractivity contribution in [3.05, 3.63) is 35.4 Å². The molecule has 120 valence electrons. The van der Waals surface area contributed by atoms with E-state index < -0.39 is 6.10 Å². The number of thioether (sulfide) groups is 1. The molecule has 0 spiro atoms. The van der Waals surface area contributed by atoms with E-state index in [9.17, 15) is 10.2 Å². The first-order chi connectivity index (χ1) is 9.97. The van der Waals surface area contributed by atoms with Crippen molar-refractivity contribution in [3.63, 3.8) is 0 Å². The normalized spacial score (nSPS) is 16.0. The van der Waals surface area contributed by atoms with Gasteiger partial charge in [-0.3, -0.25) is 0 Å². The zero-order valence-electron chi connectivity index (χ0n) is 13.5. The summed E-state index contributed by atoms with van der Waals surface area (Å²) in [6.45, 7) is 7.10. The van der Waals surface area contributed by atoms with Crippen LogP contribution >= 0.6 is 11.8 Å². The average molecular weight is 311 g/mol. The molecule has 0 radical (unpaired) electrons. The van der Waals surface area contributed by atoms with Crippen LogP contribution in [0.5, 0.6) is 0 Å². The molecule has 0 aliphatic carbocycles. The number of nitrogens with one attached hydrogen (secondary N) is 1. The highest BCUT2D eigenvalue weighted by Gasteiger charge is 2.16. The average Bonchev–Trinajstić information content (AvgIpc) is 2.46. The summed E-state index contributed by atoms with van der Waals surface area (Å²) in [5.74, 6) is 0.644. The molecule has 0 aliphatic rings. The van der Waals surface area contributed by atoms with Crippen molar-refractivity contribution >= 4 is 11.8 Å². The minimum atomic E-state index is -0.512. The molecule has 0 saturated carbocycles. The molecule has 3 N–H and O–H groups in total. The lowest BCUT2D eigenvalue weighted by atomic mass is 10.00. The van der Waals surface area contributed by atoms with Gasteiger partial charge in [0.2, 0.25) is 0 Å². The van der Waals surface area contributed by atoms with E-state index in [4.69, 9.17) is 0 Å². The molecule has 0 aliphatic heterocycles. The molecule has 0 bridgehead atoms. The molecule has 0 amide bonds. The fraction of sp³-hybridized carbons (Fsp3) is 0.647. The second-order valence-corrected chi connectivity index (χ2v) is 7.09. The predicted molar refractivity (Wildman–Crippen MR) is 91.8 cm³/mol. The van der Waals surface area contributed by atoms with Crippen molar-refractivity contribution in [1.29, 1.82) is 0 Å². The Bertz CT molecular complexity index is 390. The summed E-state index contributed by atoms with van der Waals surface area (Å²) in [6.07, 6.45) is 2.54. The highest BCUT2D eigenvalue weighted by Crippen LogP contribution is 2.16. The third kappa shape index (κ3) is 6.39. The van der Waals surface area contributed by atoms with Crippen molar-refractivity contribution in [2.45, 2.75) is 44.6 Å². The molecule has 1 rings (SSSR count). The molecule has 1 aromatic rings. The first-order valence-corrected chi connectivity index (χ1v) is 8.90. The van der Waals surface area contributed by atoms with Gasteiger partial charge in [0, 0.05) is 17.8 Å². The molecule has 4 heteroatoms. The van der Waals surface area contributed by atoms with Gasteiger partial charge in [-0.05, 0) is 36.6 Å². The topological polar surface area (TPSA) is 52.5 Å². The molecule has 1 aromatic carbocycles. The molecular weight excluding hydrogens is 282 g/mol. The van der Waals surface area contributed by atoms with E-state index in [1.165, 1.54) is 5.56 Å². The van der Waals surface area contributed by atoms with Crippen LogP contribution in [0.2, 0.25) is 0 Å². The molecule has 3 atom stereocenters. The van der Waals surface area contributed by atoms with Gasteiger partial charge in [0.15, 0.2) is 0 Å². The van der Waals surface area contributed by atoms with Crippen LogP contribution in [0, 0.1) is 5.92 Å². The van der Waals surface area contributed by atoms with Gasteiger partial charge in [0.05, 0.1) is 12.7 Å². The molecule has 0 heterocycles. The van der Waals surface area contributed by atoms with Crippen LogP contribution in [0.25, 0.3) is 0 Å². The molecule has 0 aromatic heterocycles. The van der Waals surface area contributed by atoms with Crippen LogP contribution in [-0.4, -0.2) is 40.9 Å². The third-order valence-electron chi connectivity index (χ3n) is 3.68. The largest absolute Gasteiger partial charge is 0.395 e. The van der Waals surface area contributed by atoms with Crippen LogP contribution in [0.3, 0.4) is 0 Å². The summed E-state index contributed by atoms with van der Waals surface area (Å²) in [4.78, 5) is 0. The van der Waals surface area contributed by atoms with Gasteiger partial charge in [0.25, 0.3) is 0 Å². The smallest absolute Gasteiger partial charge is 0.0914 e. The Labute approximate surface area is 133 Å². The van der Waals surface area contributed by atoms with Gasteiger partial charge in [0.1, 0.15) is 0 Å². The number of benzene rings is 1. The number of aliphatic hydroxyl groups is 2. The van der Waals surface area contributed by atoms with Crippen molar-refractivity contribution in [1.82, 2.24) is 5.32 Å². The fourth-order valence-corrected chi connectivity index (χ4v) is 2.98. The number of hydrogen-bond acceptors (Lipinski definition) is 4. The van der Waals surface area contributed by atoms with Crippen molar-refractivity contribution in [2.75, 3.05) is 19.4 Å². The molecular formula is C17H29NO2S. The Morgan fingerprint density at radius 3 is 2.24 bits per heavy atom. The monoisotopic (exact) mass is 311 g/mol. The number of aliphatic hydroxyl groups excluding tert-OH is 2. The quantitative estimate of drug-likeness (QED) is 0.656. The molecule has 0 saturated heterocycles. The van der Waals surface area contributed by atoms with Crippen LogP contribution < -0.4 is 5.32 Å². The summed E-state index contributed by atoms with van der Waals surface area (Å²) in [6, 6.07) is 8.38. The molecule has 21 heavy (non-hydrogen) atoms. The van der Waals surface area contributed by atoms with E-state index >= 15 is 0 Å². The second kappa shape index (κ2) is 9.46. The van der Waals surface area contributed by atoms with Crippen molar-refractivity contribution < 1.29 is 10.2 Å².